The lowest BCUT2D eigenvalue weighted by atomic mass is 9.64. The van der Waals surface area contributed by atoms with Crippen molar-refractivity contribution in [2.75, 3.05) is 0 Å². The van der Waals surface area contributed by atoms with E-state index >= 15 is 0 Å². The highest BCUT2D eigenvalue weighted by Gasteiger charge is 2.36. The van der Waals surface area contributed by atoms with E-state index in [4.69, 9.17) is 6.42 Å². The molecule has 0 unspecified atom stereocenters. The molecule has 0 heteroatoms. The summed E-state index contributed by atoms with van der Waals surface area (Å²) in [4.78, 5) is 0. The first-order valence-electron chi connectivity index (χ1n) is 14.7. The Morgan fingerprint density at radius 1 is 0.707 bits per heavy atom. The third kappa shape index (κ3) is 4.15. The van der Waals surface area contributed by atoms with Crippen molar-refractivity contribution in [1.82, 2.24) is 0 Å². The van der Waals surface area contributed by atoms with Crippen LogP contribution in [0.5, 0.6) is 0 Å². The number of hydrogen-bond acceptors (Lipinski definition) is 0. The predicted octanol–water partition coefficient (Wildman–Crippen LogP) is 11.0. The average molecular weight is 529 g/mol. The second-order valence-corrected chi connectivity index (χ2v) is 13.4. The van der Waals surface area contributed by atoms with Gasteiger partial charge in [0.2, 0.25) is 0 Å². The van der Waals surface area contributed by atoms with Gasteiger partial charge >= 0.3 is 0 Å². The number of benzene rings is 5. The highest BCUT2D eigenvalue weighted by molar-refractivity contribution is 6.06. The summed E-state index contributed by atoms with van der Waals surface area (Å²) in [7, 11) is 0. The van der Waals surface area contributed by atoms with Gasteiger partial charge in [-0.15, -0.1) is 6.42 Å². The molecule has 0 amide bonds. The Morgan fingerprint density at radius 2 is 1.49 bits per heavy atom. The Bertz CT molecular complexity index is 2000. The van der Waals surface area contributed by atoms with Gasteiger partial charge in [0, 0.05) is 5.56 Å². The van der Waals surface area contributed by atoms with Gasteiger partial charge in [-0.3, -0.25) is 0 Å². The van der Waals surface area contributed by atoms with E-state index in [1.54, 1.807) is 5.57 Å². The van der Waals surface area contributed by atoms with E-state index in [1.165, 1.54) is 60.5 Å². The van der Waals surface area contributed by atoms with Crippen molar-refractivity contribution in [1.29, 1.82) is 0 Å². The average Bonchev–Trinajstić information content (AvgIpc) is 2.95. The quantitative estimate of drug-likeness (QED) is 0.200. The van der Waals surface area contributed by atoms with Crippen molar-refractivity contribution < 1.29 is 0 Å². The topological polar surface area (TPSA) is 0 Å². The molecule has 0 heterocycles. The van der Waals surface area contributed by atoms with Gasteiger partial charge in [-0.25, -0.2) is 0 Å². The normalized spacial score (nSPS) is 16.9. The summed E-state index contributed by atoms with van der Waals surface area (Å²) in [5.74, 6) is 2.83. The number of hydrogen-bond donors (Lipinski definition) is 0. The van der Waals surface area contributed by atoms with Gasteiger partial charge in [-0.1, -0.05) is 118 Å². The van der Waals surface area contributed by atoms with E-state index in [9.17, 15) is 0 Å². The smallest absolute Gasteiger partial charge is 0.0248 e. The molecule has 0 N–H and O–H groups in total. The lowest BCUT2D eigenvalue weighted by molar-refractivity contribution is 0.429. The molecular weight excluding hydrogens is 492 g/mol. The maximum absolute atomic E-state index is 5.82. The molecule has 0 fully saturated rings. The molecule has 7 rings (SSSR count). The van der Waals surface area contributed by atoms with Crippen LogP contribution in [-0.2, 0) is 5.41 Å². The second-order valence-electron chi connectivity index (χ2n) is 13.4. The maximum Gasteiger partial charge on any atom is 0.0248 e. The Labute approximate surface area is 244 Å². The molecule has 0 bridgehead atoms. The summed E-state index contributed by atoms with van der Waals surface area (Å²) in [5, 5.41) is 5.17. The van der Waals surface area contributed by atoms with Gasteiger partial charge in [0.25, 0.3) is 0 Å². The number of aryl methyl sites for hydroxylation is 1. The van der Waals surface area contributed by atoms with Crippen LogP contribution in [0, 0.1) is 24.7 Å². The molecule has 0 saturated carbocycles. The van der Waals surface area contributed by atoms with Gasteiger partial charge in [0.15, 0.2) is 0 Å². The highest BCUT2D eigenvalue weighted by atomic mass is 14.4. The molecule has 2 aliphatic rings. The van der Waals surface area contributed by atoms with E-state index in [-0.39, 0.29) is 10.8 Å². The fourth-order valence-corrected chi connectivity index (χ4v) is 7.49. The van der Waals surface area contributed by atoms with Crippen molar-refractivity contribution >= 4 is 27.1 Å². The maximum atomic E-state index is 5.82. The molecule has 5 aromatic rings. The predicted molar refractivity (Wildman–Crippen MR) is 177 cm³/mol. The molecule has 0 saturated heterocycles. The molecule has 200 valence electrons. The van der Waals surface area contributed by atoms with E-state index in [0.29, 0.717) is 0 Å². The number of fused-ring (bicyclic) bond motifs is 5. The molecule has 0 aromatic heterocycles. The van der Waals surface area contributed by atoms with Gasteiger partial charge in [-0.2, -0.15) is 0 Å². The summed E-state index contributed by atoms with van der Waals surface area (Å²) in [6.07, 6.45) is 12.9. The standard InChI is InChI=1S/C41H36/c1-7-27-11-10-13-30(22-27)38-33-14-9-8-12-28(33)15-17-34(38)36-23-29-16-18-35-32-19-20-40(3,4)24-31(32)25-41(5,6)39(35)37(29)21-26(36)2/h1,8-23H,24-25H2,2-6H3. The van der Waals surface area contributed by atoms with Crippen LogP contribution in [0.1, 0.15) is 62.8 Å². The fourth-order valence-electron chi connectivity index (χ4n) is 7.49. The lowest BCUT2D eigenvalue weighted by Gasteiger charge is -2.40. The van der Waals surface area contributed by atoms with Crippen molar-refractivity contribution in [2.45, 2.75) is 52.9 Å². The Hall–Kier alpha value is -4.34. The molecule has 0 radical (unpaired) electrons. The van der Waals surface area contributed by atoms with Crippen LogP contribution in [-0.4, -0.2) is 0 Å². The van der Waals surface area contributed by atoms with Crippen LogP contribution in [0.3, 0.4) is 0 Å². The van der Waals surface area contributed by atoms with E-state index in [2.05, 4.69) is 132 Å². The minimum Gasteiger partial charge on any atom is -0.115 e. The van der Waals surface area contributed by atoms with Crippen LogP contribution >= 0.6 is 0 Å². The first-order chi connectivity index (χ1) is 19.6. The second kappa shape index (κ2) is 9.09. The monoisotopic (exact) mass is 528 g/mol. The van der Waals surface area contributed by atoms with Crippen molar-refractivity contribution in [3.8, 4) is 34.6 Å². The fraction of sp³-hybridized carbons (Fsp3) is 0.220. The minimum atomic E-state index is 0.0761. The zero-order valence-corrected chi connectivity index (χ0v) is 24.7. The van der Waals surface area contributed by atoms with Crippen molar-refractivity contribution in [3.63, 3.8) is 0 Å². The third-order valence-corrected chi connectivity index (χ3v) is 9.28. The molecule has 0 nitrogen and oxygen atoms in total. The third-order valence-electron chi connectivity index (χ3n) is 9.28. The SMILES string of the molecule is C#Cc1cccc(-c2c(-c3cc4ccc5c(c4cc3C)C(C)(C)CC3=C5C=CC(C)(C)C3)ccc3ccccc23)c1. The Balaban J connectivity index is 1.47. The number of allylic oxidation sites excluding steroid dienone is 4. The summed E-state index contributed by atoms with van der Waals surface area (Å²) in [6, 6.07) is 31.2. The van der Waals surface area contributed by atoms with E-state index in [0.717, 1.165) is 24.0 Å². The first-order valence-corrected chi connectivity index (χ1v) is 14.7. The van der Waals surface area contributed by atoms with Crippen LogP contribution in [0.4, 0.5) is 0 Å². The highest BCUT2D eigenvalue weighted by Crippen LogP contribution is 2.51. The lowest BCUT2D eigenvalue weighted by Crippen LogP contribution is -2.27. The van der Waals surface area contributed by atoms with E-state index in [1.807, 2.05) is 6.07 Å². The molecule has 41 heavy (non-hydrogen) atoms. The summed E-state index contributed by atoms with van der Waals surface area (Å²) < 4.78 is 0. The molecule has 2 aliphatic carbocycles. The van der Waals surface area contributed by atoms with Gasteiger partial charge in [-0.05, 0) is 115 Å². The Morgan fingerprint density at radius 3 is 2.32 bits per heavy atom. The molecular formula is C41H36. The van der Waals surface area contributed by atoms with E-state index < -0.39 is 0 Å². The van der Waals surface area contributed by atoms with Crippen molar-refractivity contribution in [3.05, 3.63) is 125 Å². The summed E-state index contributed by atoms with van der Waals surface area (Å²) in [5.41, 5.74) is 13.4. The zero-order valence-electron chi connectivity index (χ0n) is 24.7. The molecule has 0 aliphatic heterocycles. The summed E-state index contributed by atoms with van der Waals surface area (Å²) in [6.45, 7) is 11.8. The van der Waals surface area contributed by atoms with Crippen LogP contribution < -0.4 is 0 Å². The Kier molecular flexibility index (Phi) is 5.68. The van der Waals surface area contributed by atoms with Crippen LogP contribution in [0.15, 0.2) is 103 Å². The summed E-state index contributed by atoms with van der Waals surface area (Å²) >= 11 is 0. The minimum absolute atomic E-state index is 0.0761. The number of terminal acetylenes is 1. The molecule has 5 aromatic carbocycles. The van der Waals surface area contributed by atoms with Gasteiger partial charge in [0.1, 0.15) is 0 Å². The van der Waals surface area contributed by atoms with Gasteiger partial charge in [0.05, 0.1) is 0 Å². The van der Waals surface area contributed by atoms with Crippen molar-refractivity contribution in [2.24, 2.45) is 5.41 Å². The van der Waals surface area contributed by atoms with Crippen LogP contribution in [0.2, 0.25) is 0 Å². The molecule has 0 spiro atoms. The number of rotatable bonds is 2. The zero-order chi connectivity index (χ0) is 28.5. The largest absolute Gasteiger partial charge is 0.115 e. The van der Waals surface area contributed by atoms with Gasteiger partial charge < -0.3 is 0 Å². The molecule has 0 atom stereocenters. The van der Waals surface area contributed by atoms with Crippen LogP contribution in [0.25, 0.3) is 49.4 Å². The first kappa shape index (κ1) is 25.6.